The van der Waals surface area contributed by atoms with Crippen LogP contribution < -0.4 is 19.0 Å². The number of thiazole rings is 1. The molecule has 6 nitrogen and oxygen atoms in total. The van der Waals surface area contributed by atoms with Crippen LogP contribution in [0.15, 0.2) is 45.8 Å². The van der Waals surface area contributed by atoms with Crippen LogP contribution in [0.3, 0.4) is 0 Å². The van der Waals surface area contributed by atoms with E-state index in [4.69, 9.17) is 19.3 Å². The lowest BCUT2D eigenvalue weighted by molar-refractivity contribution is 0.324. The summed E-state index contributed by atoms with van der Waals surface area (Å²) in [4.78, 5) is 4.95. The molecule has 1 atom stereocenters. The first-order valence-electron chi connectivity index (χ1n) is 11.0. The highest BCUT2D eigenvalue weighted by molar-refractivity contribution is 7.07. The fraction of sp³-hybridized carbons (Fsp3) is 0.360. The molecule has 0 radical (unpaired) electrons. The van der Waals surface area contributed by atoms with E-state index in [0.717, 1.165) is 42.3 Å². The van der Waals surface area contributed by atoms with Gasteiger partial charge in [-0.3, -0.25) is 0 Å². The molecule has 34 heavy (non-hydrogen) atoms. The van der Waals surface area contributed by atoms with E-state index in [1.54, 1.807) is 26.0 Å². The summed E-state index contributed by atoms with van der Waals surface area (Å²) in [6.45, 7) is 2.21. The number of hydrogen-bond donors (Lipinski definition) is 0. The minimum Gasteiger partial charge on any atom is -0.493 e. The zero-order valence-corrected chi connectivity index (χ0v) is 20.4. The Morgan fingerprint density at radius 2 is 1.76 bits per heavy atom. The molecule has 0 saturated heterocycles. The van der Waals surface area contributed by atoms with Crippen LogP contribution in [-0.2, 0) is 0 Å². The SMILES string of the molecule is COc1cc(-c2csc(=Nc3ccc(F)cc3F)n2N=C2CCCC(C)C2)cc(OC)c1OC. The van der Waals surface area contributed by atoms with Gasteiger partial charge in [0.05, 0.1) is 27.0 Å². The molecule has 0 bridgehead atoms. The predicted octanol–water partition coefficient (Wildman–Crippen LogP) is 6.17. The molecule has 1 aliphatic rings. The van der Waals surface area contributed by atoms with Gasteiger partial charge in [-0.15, -0.1) is 11.3 Å². The van der Waals surface area contributed by atoms with E-state index >= 15 is 0 Å². The topological polar surface area (TPSA) is 57.3 Å². The minimum atomic E-state index is -0.728. The van der Waals surface area contributed by atoms with Gasteiger partial charge in [0.15, 0.2) is 17.3 Å². The van der Waals surface area contributed by atoms with Crippen LogP contribution in [0, 0.1) is 17.6 Å². The standard InChI is InChI=1S/C25H27F2N3O3S/c1-15-6-5-7-18(10-15)29-30-21(16-11-22(31-2)24(33-4)23(12-16)32-3)14-34-25(30)28-20-9-8-17(26)13-19(20)27/h8-9,11-15H,5-7,10H2,1-4H3. The summed E-state index contributed by atoms with van der Waals surface area (Å²) in [6.07, 6.45) is 4.03. The average molecular weight is 488 g/mol. The van der Waals surface area contributed by atoms with Crippen molar-refractivity contribution < 1.29 is 23.0 Å². The van der Waals surface area contributed by atoms with Crippen molar-refractivity contribution in [3.05, 3.63) is 52.1 Å². The number of aromatic nitrogens is 1. The number of rotatable bonds is 6. The van der Waals surface area contributed by atoms with Crippen molar-refractivity contribution in [2.75, 3.05) is 21.3 Å². The molecule has 2 aromatic carbocycles. The minimum absolute atomic E-state index is 0.0469. The maximum atomic E-state index is 14.4. The molecule has 1 unspecified atom stereocenters. The molecule has 0 amide bonds. The Hall–Kier alpha value is -3.20. The molecular formula is C25H27F2N3O3S. The van der Waals surface area contributed by atoms with Gasteiger partial charge < -0.3 is 14.2 Å². The highest BCUT2D eigenvalue weighted by Gasteiger charge is 2.19. The largest absolute Gasteiger partial charge is 0.493 e. The van der Waals surface area contributed by atoms with Crippen LogP contribution in [0.5, 0.6) is 17.2 Å². The van der Waals surface area contributed by atoms with Gasteiger partial charge in [0.2, 0.25) is 10.6 Å². The fourth-order valence-corrected chi connectivity index (χ4v) is 4.91. The van der Waals surface area contributed by atoms with E-state index in [2.05, 4.69) is 11.9 Å². The quantitative estimate of drug-likeness (QED) is 0.418. The predicted molar refractivity (Wildman–Crippen MR) is 129 cm³/mol. The van der Waals surface area contributed by atoms with E-state index in [-0.39, 0.29) is 5.69 Å². The molecule has 1 heterocycles. The first-order chi connectivity index (χ1) is 16.4. The van der Waals surface area contributed by atoms with Gasteiger partial charge in [-0.05, 0) is 55.9 Å². The fourth-order valence-electron chi connectivity index (χ4n) is 4.07. The Morgan fingerprint density at radius 3 is 2.38 bits per heavy atom. The summed E-state index contributed by atoms with van der Waals surface area (Å²) in [5.74, 6) is 0.680. The highest BCUT2D eigenvalue weighted by atomic mass is 32.1. The molecule has 180 valence electrons. The van der Waals surface area contributed by atoms with Crippen LogP contribution in [-0.4, -0.2) is 31.7 Å². The van der Waals surface area contributed by atoms with E-state index in [1.165, 1.54) is 29.9 Å². The van der Waals surface area contributed by atoms with Crippen LogP contribution in [0.4, 0.5) is 14.5 Å². The van der Waals surface area contributed by atoms with Crippen LogP contribution in [0.25, 0.3) is 11.3 Å². The monoisotopic (exact) mass is 487 g/mol. The molecule has 1 aliphatic carbocycles. The Kier molecular flexibility index (Phi) is 7.31. The number of benzene rings is 2. The van der Waals surface area contributed by atoms with E-state index in [1.807, 2.05) is 17.5 Å². The molecule has 0 N–H and O–H groups in total. The molecule has 0 spiro atoms. The maximum Gasteiger partial charge on any atom is 0.211 e. The number of halogens is 2. The Bertz CT molecular complexity index is 1260. The third kappa shape index (κ3) is 4.99. The summed E-state index contributed by atoms with van der Waals surface area (Å²) in [6, 6.07) is 7.02. The smallest absolute Gasteiger partial charge is 0.211 e. The second-order valence-corrected chi connectivity index (χ2v) is 9.04. The van der Waals surface area contributed by atoms with Crippen LogP contribution in [0.1, 0.15) is 32.6 Å². The van der Waals surface area contributed by atoms with Crippen molar-refractivity contribution >= 4 is 22.7 Å². The van der Waals surface area contributed by atoms with Crippen molar-refractivity contribution in [1.29, 1.82) is 0 Å². The van der Waals surface area contributed by atoms with Crippen molar-refractivity contribution in [3.63, 3.8) is 0 Å². The van der Waals surface area contributed by atoms with Crippen molar-refractivity contribution in [2.45, 2.75) is 32.6 Å². The molecule has 4 rings (SSSR count). The van der Waals surface area contributed by atoms with Gasteiger partial charge in [0.1, 0.15) is 11.5 Å². The second kappa shape index (κ2) is 10.4. The van der Waals surface area contributed by atoms with Crippen molar-refractivity contribution in [2.24, 2.45) is 16.0 Å². The lowest BCUT2D eigenvalue weighted by atomic mass is 9.89. The number of methoxy groups -OCH3 is 3. The van der Waals surface area contributed by atoms with E-state index < -0.39 is 11.6 Å². The zero-order valence-electron chi connectivity index (χ0n) is 19.6. The number of ether oxygens (including phenoxy) is 3. The Labute approximate surface area is 201 Å². The van der Waals surface area contributed by atoms with Crippen LogP contribution >= 0.6 is 11.3 Å². The third-order valence-electron chi connectivity index (χ3n) is 5.76. The molecule has 1 aromatic heterocycles. The summed E-state index contributed by atoms with van der Waals surface area (Å²) in [5.41, 5.74) is 2.63. The Morgan fingerprint density at radius 1 is 1.03 bits per heavy atom. The molecule has 3 aromatic rings. The Balaban J connectivity index is 1.92. The highest BCUT2D eigenvalue weighted by Crippen LogP contribution is 2.41. The summed E-state index contributed by atoms with van der Waals surface area (Å²) >= 11 is 1.32. The average Bonchev–Trinajstić information content (AvgIpc) is 3.21. The van der Waals surface area contributed by atoms with Gasteiger partial charge in [-0.25, -0.2) is 18.4 Å². The van der Waals surface area contributed by atoms with Gasteiger partial charge in [-0.2, -0.15) is 5.10 Å². The van der Waals surface area contributed by atoms with Crippen molar-refractivity contribution in [3.8, 4) is 28.5 Å². The molecule has 0 aliphatic heterocycles. The van der Waals surface area contributed by atoms with E-state index in [9.17, 15) is 8.78 Å². The molecule has 1 saturated carbocycles. The normalized spacial score (nSPS) is 17.8. The number of nitrogens with zero attached hydrogens (tertiary/aromatic N) is 3. The van der Waals surface area contributed by atoms with E-state index in [0.29, 0.717) is 28.0 Å². The molecule has 9 heteroatoms. The van der Waals surface area contributed by atoms with Crippen LogP contribution in [0.2, 0.25) is 0 Å². The number of hydrogen-bond acceptors (Lipinski definition) is 6. The zero-order chi connectivity index (χ0) is 24.2. The van der Waals surface area contributed by atoms with Gasteiger partial charge in [0, 0.05) is 22.7 Å². The van der Waals surface area contributed by atoms with Gasteiger partial charge in [-0.1, -0.05) is 6.92 Å². The summed E-state index contributed by atoms with van der Waals surface area (Å²) in [7, 11) is 4.67. The summed E-state index contributed by atoms with van der Waals surface area (Å²) in [5, 5.41) is 6.84. The van der Waals surface area contributed by atoms with Crippen molar-refractivity contribution in [1.82, 2.24) is 4.68 Å². The maximum absolute atomic E-state index is 14.4. The second-order valence-electron chi connectivity index (χ2n) is 8.20. The first kappa shape index (κ1) is 23.9. The van der Waals surface area contributed by atoms with Gasteiger partial charge in [0.25, 0.3) is 0 Å². The summed E-state index contributed by atoms with van der Waals surface area (Å²) < 4.78 is 46.0. The van der Waals surface area contributed by atoms with Gasteiger partial charge >= 0.3 is 0 Å². The third-order valence-corrected chi connectivity index (χ3v) is 6.58. The first-order valence-corrected chi connectivity index (χ1v) is 11.9. The molecular weight excluding hydrogens is 460 g/mol. The lowest BCUT2D eigenvalue weighted by Crippen LogP contribution is -2.18. The molecule has 1 fully saturated rings. The lowest BCUT2D eigenvalue weighted by Gasteiger charge is -2.19.